The molecule has 0 unspecified atom stereocenters. The Bertz CT molecular complexity index is 1090. The monoisotopic (exact) mass is 447 g/mol. The quantitative estimate of drug-likeness (QED) is 0.576. The van der Waals surface area contributed by atoms with Gasteiger partial charge in [0.15, 0.2) is 5.13 Å². The van der Waals surface area contributed by atoms with Crippen LogP contribution in [-0.2, 0) is 16.4 Å². The van der Waals surface area contributed by atoms with Gasteiger partial charge in [0.05, 0.1) is 10.7 Å². The van der Waals surface area contributed by atoms with Gasteiger partial charge in [0, 0.05) is 37.1 Å². The van der Waals surface area contributed by atoms with Crippen LogP contribution in [-0.4, -0.2) is 43.9 Å². The van der Waals surface area contributed by atoms with Crippen molar-refractivity contribution in [2.45, 2.75) is 18.2 Å². The molecule has 1 aliphatic rings. The second kappa shape index (κ2) is 8.44. The second-order valence-electron chi connectivity index (χ2n) is 6.89. The van der Waals surface area contributed by atoms with Gasteiger partial charge in [-0.25, -0.2) is 13.4 Å². The molecule has 1 fully saturated rings. The van der Waals surface area contributed by atoms with Crippen molar-refractivity contribution in [2.24, 2.45) is 0 Å². The molecule has 0 aliphatic carbocycles. The number of nitrogens with zero attached hydrogens (tertiary/aromatic N) is 3. The van der Waals surface area contributed by atoms with Gasteiger partial charge in [0.25, 0.3) is 0 Å². The van der Waals surface area contributed by atoms with Crippen molar-refractivity contribution in [3.8, 4) is 11.3 Å². The molecule has 0 N–H and O–H groups in total. The first-order valence-electron chi connectivity index (χ1n) is 9.53. The molecule has 2 aromatic carbocycles. The fourth-order valence-electron chi connectivity index (χ4n) is 3.37. The summed E-state index contributed by atoms with van der Waals surface area (Å²) in [4.78, 5) is 7.09. The van der Waals surface area contributed by atoms with E-state index >= 15 is 0 Å². The predicted molar refractivity (Wildman–Crippen MR) is 119 cm³/mol. The van der Waals surface area contributed by atoms with E-state index in [-0.39, 0.29) is 9.92 Å². The molecule has 0 spiro atoms. The Morgan fingerprint density at radius 2 is 1.72 bits per heavy atom. The maximum atomic E-state index is 12.9. The highest BCUT2D eigenvalue weighted by molar-refractivity contribution is 7.89. The Balaban J connectivity index is 1.45. The summed E-state index contributed by atoms with van der Waals surface area (Å²) >= 11 is 7.70. The lowest BCUT2D eigenvalue weighted by Gasteiger charge is -2.33. The standard InChI is InChI=1S/C21H22ClN3O2S2/c1-2-16-7-9-17(10-8-16)19-15-28-21(23-19)24-11-13-25(14-12-24)29(26,27)20-6-4-3-5-18(20)22/h3-10,15H,2,11-14H2,1H3. The third-order valence-corrected chi connectivity index (χ3v) is 8.41. The summed E-state index contributed by atoms with van der Waals surface area (Å²) in [5, 5.41) is 3.24. The van der Waals surface area contributed by atoms with Crippen LogP contribution in [0.25, 0.3) is 11.3 Å². The van der Waals surface area contributed by atoms with Crippen LogP contribution in [0.3, 0.4) is 0 Å². The third-order valence-electron chi connectivity index (χ3n) is 5.11. The maximum absolute atomic E-state index is 12.9. The molecule has 0 atom stereocenters. The summed E-state index contributed by atoms with van der Waals surface area (Å²) in [6.07, 6.45) is 1.02. The molecule has 0 bridgehead atoms. The number of thiazole rings is 1. The molecular weight excluding hydrogens is 426 g/mol. The largest absolute Gasteiger partial charge is 0.345 e. The van der Waals surface area contributed by atoms with Crippen molar-refractivity contribution in [3.05, 3.63) is 64.5 Å². The average molecular weight is 448 g/mol. The summed E-state index contributed by atoms with van der Waals surface area (Å²) in [7, 11) is -3.59. The first kappa shape index (κ1) is 20.3. The van der Waals surface area contributed by atoms with E-state index in [4.69, 9.17) is 16.6 Å². The summed E-state index contributed by atoms with van der Waals surface area (Å²) in [5.41, 5.74) is 3.36. The van der Waals surface area contributed by atoms with Crippen molar-refractivity contribution in [1.82, 2.24) is 9.29 Å². The number of halogens is 1. The fourth-order valence-corrected chi connectivity index (χ4v) is 6.17. The Morgan fingerprint density at radius 3 is 2.38 bits per heavy atom. The molecule has 0 radical (unpaired) electrons. The van der Waals surface area contributed by atoms with Crippen LogP contribution in [0, 0.1) is 0 Å². The summed E-state index contributed by atoms with van der Waals surface area (Å²) in [6.45, 7) is 4.17. The zero-order valence-electron chi connectivity index (χ0n) is 16.1. The van der Waals surface area contributed by atoms with Gasteiger partial charge in [-0.05, 0) is 24.1 Å². The van der Waals surface area contributed by atoms with E-state index in [9.17, 15) is 8.42 Å². The number of rotatable bonds is 5. The molecule has 0 saturated carbocycles. The average Bonchev–Trinajstić information content (AvgIpc) is 3.24. The van der Waals surface area contributed by atoms with E-state index in [1.165, 1.54) is 9.87 Å². The highest BCUT2D eigenvalue weighted by Gasteiger charge is 2.30. The van der Waals surface area contributed by atoms with Crippen molar-refractivity contribution in [1.29, 1.82) is 0 Å². The Morgan fingerprint density at radius 1 is 1.03 bits per heavy atom. The number of sulfonamides is 1. The fraction of sp³-hybridized carbons (Fsp3) is 0.286. The molecule has 0 amide bonds. The molecular formula is C21H22ClN3O2S2. The van der Waals surface area contributed by atoms with Crippen LogP contribution in [0.1, 0.15) is 12.5 Å². The number of aromatic nitrogens is 1. The van der Waals surface area contributed by atoms with Crippen LogP contribution in [0.15, 0.2) is 58.8 Å². The van der Waals surface area contributed by atoms with Gasteiger partial charge in [0.1, 0.15) is 4.90 Å². The molecule has 8 heteroatoms. The summed E-state index contributed by atoms with van der Waals surface area (Å²) in [5.74, 6) is 0. The summed E-state index contributed by atoms with van der Waals surface area (Å²) < 4.78 is 27.3. The van der Waals surface area contributed by atoms with Crippen molar-refractivity contribution in [2.75, 3.05) is 31.1 Å². The van der Waals surface area contributed by atoms with Crippen LogP contribution in [0.4, 0.5) is 5.13 Å². The molecule has 4 rings (SSSR count). The Labute approximate surface area is 180 Å². The van der Waals surface area contributed by atoms with E-state index in [0.29, 0.717) is 26.2 Å². The molecule has 152 valence electrons. The molecule has 29 heavy (non-hydrogen) atoms. The number of hydrogen-bond donors (Lipinski definition) is 0. The molecule has 1 aliphatic heterocycles. The van der Waals surface area contributed by atoms with Gasteiger partial charge in [0.2, 0.25) is 10.0 Å². The van der Waals surface area contributed by atoms with Gasteiger partial charge in [-0.15, -0.1) is 11.3 Å². The predicted octanol–water partition coefficient (Wildman–Crippen LogP) is 4.54. The zero-order chi connectivity index (χ0) is 20.4. The van der Waals surface area contributed by atoms with E-state index in [2.05, 4.69) is 41.5 Å². The molecule has 5 nitrogen and oxygen atoms in total. The Kier molecular flexibility index (Phi) is 5.92. The molecule has 1 aromatic heterocycles. The van der Waals surface area contributed by atoms with Crippen molar-refractivity contribution >= 4 is 38.1 Å². The number of aryl methyl sites for hydroxylation is 1. The van der Waals surface area contributed by atoms with E-state index in [0.717, 1.165) is 22.8 Å². The highest BCUT2D eigenvalue weighted by Crippen LogP contribution is 2.30. The second-order valence-corrected chi connectivity index (χ2v) is 10.0. The van der Waals surface area contributed by atoms with Gasteiger partial charge >= 0.3 is 0 Å². The smallest absolute Gasteiger partial charge is 0.244 e. The third kappa shape index (κ3) is 4.19. The molecule has 1 saturated heterocycles. The lowest BCUT2D eigenvalue weighted by molar-refractivity contribution is 0.385. The number of benzene rings is 2. The van der Waals surface area contributed by atoms with Crippen molar-refractivity contribution in [3.63, 3.8) is 0 Å². The minimum Gasteiger partial charge on any atom is -0.345 e. The van der Waals surface area contributed by atoms with E-state index in [1.54, 1.807) is 35.6 Å². The normalized spacial score (nSPS) is 15.6. The van der Waals surface area contributed by atoms with Crippen LogP contribution in [0.2, 0.25) is 5.02 Å². The SMILES string of the molecule is CCc1ccc(-c2csc(N3CCN(S(=O)(=O)c4ccccc4Cl)CC3)n2)cc1. The summed E-state index contributed by atoms with van der Waals surface area (Å²) in [6, 6.07) is 15.1. The lowest BCUT2D eigenvalue weighted by Crippen LogP contribution is -2.48. The minimum absolute atomic E-state index is 0.169. The first-order valence-corrected chi connectivity index (χ1v) is 12.2. The maximum Gasteiger partial charge on any atom is 0.244 e. The number of piperazine rings is 1. The van der Waals surface area contributed by atoms with E-state index < -0.39 is 10.0 Å². The topological polar surface area (TPSA) is 53.5 Å². The van der Waals surface area contributed by atoms with Gasteiger partial charge < -0.3 is 4.90 Å². The Hall–Kier alpha value is -1.93. The molecule has 3 aromatic rings. The van der Waals surface area contributed by atoms with Crippen molar-refractivity contribution < 1.29 is 8.42 Å². The van der Waals surface area contributed by atoms with Gasteiger partial charge in [-0.3, -0.25) is 0 Å². The van der Waals surface area contributed by atoms with E-state index in [1.807, 2.05) is 0 Å². The van der Waals surface area contributed by atoms with Gasteiger partial charge in [-0.2, -0.15) is 4.31 Å². The zero-order valence-corrected chi connectivity index (χ0v) is 18.5. The molecule has 2 heterocycles. The van der Waals surface area contributed by atoms with Crippen LogP contribution < -0.4 is 4.90 Å². The first-order chi connectivity index (χ1) is 14.0. The number of hydrogen-bond acceptors (Lipinski definition) is 5. The van der Waals surface area contributed by atoms with Gasteiger partial charge in [-0.1, -0.05) is 54.9 Å². The van der Waals surface area contributed by atoms with Crippen LogP contribution >= 0.6 is 22.9 Å². The highest BCUT2D eigenvalue weighted by atomic mass is 35.5. The van der Waals surface area contributed by atoms with Crippen LogP contribution in [0.5, 0.6) is 0 Å². The minimum atomic E-state index is -3.59. The lowest BCUT2D eigenvalue weighted by atomic mass is 10.1. The number of anilines is 1.